The van der Waals surface area contributed by atoms with Gasteiger partial charge in [-0.2, -0.15) is 4.31 Å². The summed E-state index contributed by atoms with van der Waals surface area (Å²) in [5.74, 6) is -0.806. The second kappa shape index (κ2) is 8.46. The van der Waals surface area contributed by atoms with Crippen molar-refractivity contribution in [2.75, 3.05) is 13.1 Å². The lowest BCUT2D eigenvalue weighted by Crippen LogP contribution is -2.33. The largest absolute Gasteiger partial charge is 0.392 e. The SMILES string of the molecule is CCCCN(CCCC)S(=O)(=O)c1ccc(CO)cc1F. The molecule has 4 nitrogen and oxygen atoms in total. The van der Waals surface area contributed by atoms with E-state index in [1.165, 1.54) is 16.4 Å². The summed E-state index contributed by atoms with van der Waals surface area (Å²) in [6, 6.07) is 3.75. The van der Waals surface area contributed by atoms with Crippen LogP contribution < -0.4 is 0 Å². The molecule has 1 aromatic carbocycles. The number of aliphatic hydroxyl groups excluding tert-OH is 1. The highest BCUT2D eigenvalue weighted by Crippen LogP contribution is 2.21. The maximum Gasteiger partial charge on any atom is 0.245 e. The van der Waals surface area contributed by atoms with Gasteiger partial charge in [0.1, 0.15) is 10.7 Å². The number of hydrogen-bond acceptors (Lipinski definition) is 3. The molecule has 0 aliphatic rings. The molecule has 1 N–H and O–H groups in total. The Kier molecular flexibility index (Phi) is 7.28. The van der Waals surface area contributed by atoms with Crippen LogP contribution in [0, 0.1) is 5.82 Å². The highest BCUT2D eigenvalue weighted by Gasteiger charge is 2.26. The monoisotopic (exact) mass is 317 g/mol. The maximum absolute atomic E-state index is 14.0. The zero-order valence-corrected chi connectivity index (χ0v) is 13.5. The second-order valence-corrected chi connectivity index (χ2v) is 6.94. The summed E-state index contributed by atoms with van der Waals surface area (Å²) < 4.78 is 40.6. The fourth-order valence-corrected chi connectivity index (χ4v) is 3.57. The van der Waals surface area contributed by atoms with Gasteiger partial charge in [-0.15, -0.1) is 0 Å². The molecular formula is C15H24FNO3S. The number of halogens is 1. The van der Waals surface area contributed by atoms with Crippen molar-refractivity contribution in [1.29, 1.82) is 0 Å². The van der Waals surface area contributed by atoms with Crippen molar-refractivity contribution in [3.05, 3.63) is 29.6 Å². The molecule has 0 bridgehead atoms. The maximum atomic E-state index is 14.0. The molecule has 0 heterocycles. The number of nitrogens with zero attached hydrogens (tertiary/aromatic N) is 1. The molecule has 0 aliphatic heterocycles. The van der Waals surface area contributed by atoms with Gasteiger partial charge in [-0.3, -0.25) is 0 Å². The standard InChI is InChI=1S/C15H24FNO3S/c1-3-5-9-17(10-6-4-2)21(19,20)15-8-7-13(12-18)11-14(15)16/h7-8,11,18H,3-6,9-10,12H2,1-2H3. The first kappa shape index (κ1) is 18.1. The van der Waals surface area contributed by atoms with Crippen LogP contribution >= 0.6 is 0 Å². The number of rotatable bonds is 9. The first-order chi connectivity index (χ1) is 9.97. The molecule has 0 aliphatic carbocycles. The molecule has 6 heteroatoms. The van der Waals surface area contributed by atoms with E-state index in [-0.39, 0.29) is 11.5 Å². The predicted molar refractivity (Wildman–Crippen MR) is 80.9 cm³/mol. The highest BCUT2D eigenvalue weighted by molar-refractivity contribution is 7.89. The minimum absolute atomic E-state index is 0.313. The highest BCUT2D eigenvalue weighted by atomic mass is 32.2. The van der Waals surface area contributed by atoms with Crippen molar-refractivity contribution in [1.82, 2.24) is 4.31 Å². The van der Waals surface area contributed by atoms with Crippen LogP contribution in [0.5, 0.6) is 0 Å². The van der Waals surface area contributed by atoms with Gasteiger partial charge in [-0.1, -0.05) is 32.8 Å². The summed E-state index contributed by atoms with van der Waals surface area (Å²) >= 11 is 0. The van der Waals surface area contributed by atoms with Crippen molar-refractivity contribution in [3.8, 4) is 0 Å². The third-order valence-corrected chi connectivity index (χ3v) is 5.25. The molecule has 0 fully saturated rings. The smallest absolute Gasteiger partial charge is 0.245 e. The van der Waals surface area contributed by atoms with Crippen molar-refractivity contribution in [2.45, 2.75) is 51.0 Å². The summed E-state index contributed by atoms with van der Waals surface area (Å²) in [6.45, 7) is 4.47. The van der Waals surface area contributed by atoms with E-state index < -0.39 is 15.8 Å². The third-order valence-electron chi connectivity index (χ3n) is 3.32. The Balaban J connectivity index is 3.08. The quantitative estimate of drug-likeness (QED) is 0.762. The van der Waals surface area contributed by atoms with Crippen LogP contribution in [0.1, 0.15) is 45.1 Å². The molecule has 0 radical (unpaired) electrons. The summed E-state index contributed by atoms with van der Waals surface area (Å²) in [5.41, 5.74) is 0.361. The van der Waals surface area contributed by atoms with Crippen LogP contribution in [0.3, 0.4) is 0 Å². The van der Waals surface area contributed by atoms with Gasteiger partial charge in [0.25, 0.3) is 0 Å². The van der Waals surface area contributed by atoms with Gasteiger partial charge in [0.05, 0.1) is 6.61 Å². The van der Waals surface area contributed by atoms with E-state index in [0.717, 1.165) is 31.7 Å². The first-order valence-corrected chi connectivity index (χ1v) is 8.80. The molecule has 0 saturated carbocycles. The fourth-order valence-electron chi connectivity index (χ4n) is 2.01. The zero-order chi connectivity index (χ0) is 15.9. The zero-order valence-electron chi connectivity index (χ0n) is 12.7. The van der Waals surface area contributed by atoms with Crippen molar-refractivity contribution >= 4 is 10.0 Å². The number of benzene rings is 1. The lowest BCUT2D eigenvalue weighted by Gasteiger charge is -2.22. The Morgan fingerprint density at radius 2 is 1.71 bits per heavy atom. The van der Waals surface area contributed by atoms with E-state index in [9.17, 15) is 12.8 Å². The number of hydrogen-bond donors (Lipinski definition) is 1. The van der Waals surface area contributed by atoms with Gasteiger partial charge in [0.2, 0.25) is 10.0 Å². The van der Waals surface area contributed by atoms with Gasteiger partial charge in [-0.25, -0.2) is 12.8 Å². The van der Waals surface area contributed by atoms with Crippen LogP contribution in [0.2, 0.25) is 0 Å². The molecule has 120 valence electrons. The van der Waals surface area contributed by atoms with Crippen LogP contribution in [-0.4, -0.2) is 30.9 Å². The van der Waals surface area contributed by atoms with E-state index in [1.54, 1.807) is 0 Å². The van der Waals surface area contributed by atoms with E-state index in [4.69, 9.17) is 5.11 Å². The average Bonchev–Trinajstić information content (AvgIpc) is 2.46. The van der Waals surface area contributed by atoms with Gasteiger partial charge in [0.15, 0.2) is 0 Å². The summed E-state index contributed by atoms with van der Waals surface area (Å²) in [5, 5.41) is 8.97. The molecule has 0 aromatic heterocycles. The Labute approximate surface area is 126 Å². The molecule has 0 saturated heterocycles. The molecule has 0 atom stereocenters. The van der Waals surface area contributed by atoms with Crippen molar-refractivity contribution in [2.24, 2.45) is 0 Å². The van der Waals surface area contributed by atoms with Gasteiger partial charge in [0, 0.05) is 13.1 Å². The summed E-state index contributed by atoms with van der Waals surface area (Å²) in [7, 11) is -3.82. The van der Waals surface area contributed by atoms with Gasteiger partial charge >= 0.3 is 0 Å². The molecule has 0 spiro atoms. The van der Waals surface area contributed by atoms with Gasteiger partial charge < -0.3 is 5.11 Å². The predicted octanol–water partition coefficient (Wildman–Crippen LogP) is 2.91. The van der Waals surface area contributed by atoms with Crippen LogP contribution in [0.25, 0.3) is 0 Å². The van der Waals surface area contributed by atoms with Crippen LogP contribution in [-0.2, 0) is 16.6 Å². The minimum atomic E-state index is -3.82. The minimum Gasteiger partial charge on any atom is -0.392 e. The van der Waals surface area contributed by atoms with Crippen molar-refractivity contribution < 1.29 is 17.9 Å². The Morgan fingerprint density at radius 1 is 1.14 bits per heavy atom. The second-order valence-electron chi connectivity index (χ2n) is 5.03. The fraction of sp³-hybridized carbons (Fsp3) is 0.600. The number of sulfonamides is 1. The number of unbranched alkanes of at least 4 members (excludes halogenated alkanes) is 2. The normalized spacial score (nSPS) is 12.0. The van der Waals surface area contributed by atoms with Gasteiger partial charge in [-0.05, 0) is 30.5 Å². The number of aliphatic hydroxyl groups is 1. The Bertz CT molecular complexity index is 538. The van der Waals surface area contributed by atoms with E-state index in [1.807, 2.05) is 13.8 Å². The lowest BCUT2D eigenvalue weighted by molar-refractivity contribution is 0.281. The Hall–Kier alpha value is -0.980. The molecule has 0 amide bonds. The first-order valence-electron chi connectivity index (χ1n) is 7.36. The third kappa shape index (κ3) is 4.76. The van der Waals surface area contributed by atoms with Crippen LogP contribution in [0.4, 0.5) is 4.39 Å². The van der Waals surface area contributed by atoms with E-state index >= 15 is 0 Å². The average molecular weight is 317 g/mol. The van der Waals surface area contributed by atoms with E-state index in [0.29, 0.717) is 18.7 Å². The molecule has 1 aromatic rings. The Morgan fingerprint density at radius 3 is 2.14 bits per heavy atom. The molecule has 0 unspecified atom stereocenters. The molecule has 1 rings (SSSR count). The van der Waals surface area contributed by atoms with Crippen molar-refractivity contribution in [3.63, 3.8) is 0 Å². The summed E-state index contributed by atoms with van der Waals surface area (Å²) in [4.78, 5) is -0.313. The van der Waals surface area contributed by atoms with E-state index in [2.05, 4.69) is 0 Å². The topological polar surface area (TPSA) is 57.6 Å². The lowest BCUT2D eigenvalue weighted by atomic mass is 10.2. The molecular weight excluding hydrogens is 293 g/mol. The molecule has 21 heavy (non-hydrogen) atoms. The summed E-state index contributed by atoms with van der Waals surface area (Å²) in [6.07, 6.45) is 3.26. The van der Waals surface area contributed by atoms with Crippen LogP contribution in [0.15, 0.2) is 23.1 Å².